The summed E-state index contributed by atoms with van der Waals surface area (Å²) in [7, 11) is 1.50. The Hall–Kier alpha value is -2.24. The second kappa shape index (κ2) is 5.81. The summed E-state index contributed by atoms with van der Waals surface area (Å²) >= 11 is 0. The summed E-state index contributed by atoms with van der Waals surface area (Å²) in [5.41, 5.74) is 7.14. The van der Waals surface area contributed by atoms with Gasteiger partial charge in [0.05, 0.1) is 18.0 Å². The first-order valence-corrected chi connectivity index (χ1v) is 6.62. The highest BCUT2D eigenvalue weighted by Gasteiger charge is 2.31. The number of nitrogens with one attached hydrogen (secondary N) is 1. The van der Waals surface area contributed by atoms with E-state index in [1.54, 1.807) is 12.1 Å². The Bertz CT molecular complexity index is 530. The van der Waals surface area contributed by atoms with Crippen molar-refractivity contribution in [3.05, 3.63) is 18.2 Å². The highest BCUT2D eigenvalue weighted by Crippen LogP contribution is 2.30. The summed E-state index contributed by atoms with van der Waals surface area (Å²) < 4.78 is 5.42. The fourth-order valence-corrected chi connectivity index (χ4v) is 2.19. The van der Waals surface area contributed by atoms with Crippen molar-refractivity contribution < 1.29 is 14.3 Å². The minimum absolute atomic E-state index is 0.149. The van der Waals surface area contributed by atoms with Crippen molar-refractivity contribution in [3.63, 3.8) is 0 Å². The molecule has 1 unspecified atom stereocenters. The third-order valence-corrected chi connectivity index (χ3v) is 3.35. The molecule has 6 nitrogen and oxygen atoms in total. The fourth-order valence-electron chi connectivity index (χ4n) is 2.19. The molecule has 108 valence electrons. The molecule has 0 aliphatic carbocycles. The lowest BCUT2D eigenvalue weighted by molar-refractivity contribution is -0.146. The number of hydrogen-bond acceptors (Lipinski definition) is 5. The average Bonchev–Trinajstić information content (AvgIpc) is 2.44. The number of hydrogen-bond donors (Lipinski definition) is 2. The predicted octanol–water partition coefficient (Wildman–Crippen LogP) is 1.23. The molecule has 0 spiro atoms. The second-order valence-corrected chi connectivity index (χ2v) is 4.68. The molecule has 2 amide bonds. The van der Waals surface area contributed by atoms with Gasteiger partial charge in [0.25, 0.3) is 5.91 Å². The third-order valence-electron chi connectivity index (χ3n) is 3.35. The molecule has 0 aromatic heterocycles. The van der Waals surface area contributed by atoms with Gasteiger partial charge in [-0.3, -0.25) is 14.5 Å². The van der Waals surface area contributed by atoms with E-state index in [9.17, 15) is 9.59 Å². The Labute approximate surface area is 117 Å². The van der Waals surface area contributed by atoms with Gasteiger partial charge < -0.3 is 15.8 Å². The van der Waals surface area contributed by atoms with E-state index in [0.29, 0.717) is 36.6 Å². The number of rotatable bonds is 4. The Morgan fingerprint density at radius 2 is 2.20 bits per heavy atom. The van der Waals surface area contributed by atoms with E-state index in [1.807, 2.05) is 13.0 Å². The van der Waals surface area contributed by atoms with E-state index in [2.05, 4.69) is 5.32 Å². The van der Waals surface area contributed by atoms with Gasteiger partial charge in [0.2, 0.25) is 5.91 Å². The highest BCUT2D eigenvalue weighted by molar-refractivity contribution is 6.01. The monoisotopic (exact) mass is 277 g/mol. The van der Waals surface area contributed by atoms with Gasteiger partial charge in [-0.15, -0.1) is 0 Å². The lowest BCUT2D eigenvalue weighted by Gasteiger charge is -2.29. The number of para-hydroxylation sites is 1. The molecule has 1 aromatic carbocycles. The molecule has 1 fully saturated rings. The van der Waals surface area contributed by atoms with Crippen LogP contribution in [0.3, 0.4) is 0 Å². The maximum absolute atomic E-state index is 12.0. The number of anilines is 2. The molecule has 6 heteroatoms. The van der Waals surface area contributed by atoms with Crippen LogP contribution in [0, 0.1) is 0 Å². The number of benzene rings is 1. The van der Waals surface area contributed by atoms with Crippen molar-refractivity contribution in [2.45, 2.75) is 25.8 Å². The molecule has 2 rings (SSSR count). The minimum Gasteiger partial charge on any atom is -0.492 e. The van der Waals surface area contributed by atoms with Crippen LogP contribution in [0.4, 0.5) is 11.4 Å². The van der Waals surface area contributed by atoms with Crippen molar-refractivity contribution in [1.29, 1.82) is 0 Å². The lowest BCUT2D eigenvalue weighted by atomic mass is 10.0. The molecular weight excluding hydrogens is 258 g/mol. The Morgan fingerprint density at radius 3 is 2.90 bits per heavy atom. The quantitative estimate of drug-likeness (QED) is 0.638. The van der Waals surface area contributed by atoms with E-state index in [-0.39, 0.29) is 11.8 Å². The summed E-state index contributed by atoms with van der Waals surface area (Å²) in [4.78, 5) is 24.6. The third kappa shape index (κ3) is 2.68. The van der Waals surface area contributed by atoms with Crippen LogP contribution in [0.15, 0.2) is 18.2 Å². The molecular formula is C14H19N3O3. The van der Waals surface area contributed by atoms with E-state index in [1.165, 1.54) is 7.05 Å². The largest absolute Gasteiger partial charge is 0.492 e. The number of likely N-dealkylation sites (tertiary alicyclic amines) is 1. The number of nitrogens with zero attached hydrogens (tertiary/aromatic N) is 1. The van der Waals surface area contributed by atoms with Crippen molar-refractivity contribution >= 4 is 23.2 Å². The summed E-state index contributed by atoms with van der Waals surface area (Å²) in [5, 5.41) is 3.10. The molecule has 3 N–H and O–H groups in total. The number of amides is 2. The van der Waals surface area contributed by atoms with E-state index in [4.69, 9.17) is 10.5 Å². The summed E-state index contributed by atoms with van der Waals surface area (Å²) in [6.07, 6.45) is 0.825. The van der Waals surface area contributed by atoms with Gasteiger partial charge in [0.15, 0.2) is 0 Å². The molecule has 1 atom stereocenters. The fraction of sp³-hybridized carbons (Fsp3) is 0.429. The van der Waals surface area contributed by atoms with Crippen LogP contribution in [-0.2, 0) is 9.59 Å². The zero-order valence-corrected chi connectivity index (χ0v) is 11.7. The molecule has 0 bridgehead atoms. The highest BCUT2D eigenvalue weighted by atomic mass is 16.5. The SMILES string of the molecule is CCOc1cccc(NC2CCC(=O)N(C)C2=O)c1N. The van der Waals surface area contributed by atoms with Gasteiger partial charge in [0.1, 0.15) is 11.8 Å². The molecule has 1 saturated heterocycles. The average molecular weight is 277 g/mol. The predicted molar refractivity (Wildman–Crippen MR) is 76.4 cm³/mol. The first kappa shape index (κ1) is 14.2. The smallest absolute Gasteiger partial charge is 0.251 e. The number of piperidine rings is 1. The number of carbonyl (C=O) groups is 2. The van der Waals surface area contributed by atoms with Crippen molar-refractivity contribution in [1.82, 2.24) is 4.90 Å². The minimum atomic E-state index is -0.433. The molecule has 1 aliphatic heterocycles. The van der Waals surface area contributed by atoms with Gasteiger partial charge >= 0.3 is 0 Å². The van der Waals surface area contributed by atoms with Gasteiger partial charge in [-0.1, -0.05) is 6.07 Å². The number of ether oxygens (including phenoxy) is 1. The zero-order chi connectivity index (χ0) is 14.7. The lowest BCUT2D eigenvalue weighted by Crippen LogP contribution is -2.48. The van der Waals surface area contributed by atoms with Crippen molar-refractivity contribution in [3.8, 4) is 5.75 Å². The first-order valence-electron chi connectivity index (χ1n) is 6.62. The van der Waals surface area contributed by atoms with Gasteiger partial charge in [-0.2, -0.15) is 0 Å². The maximum Gasteiger partial charge on any atom is 0.251 e. The molecule has 20 heavy (non-hydrogen) atoms. The van der Waals surface area contributed by atoms with Gasteiger partial charge in [0, 0.05) is 13.5 Å². The van der Waals surface area contributed by atoms with Crippen LogP contribution in [0.25, 0.3) is 0 Å². The van der Waals surface area contributed by atoms with Gasteiger partial charge in [-0.05, 0) is 25.5 Å². The van der Waals surface area contributed by atoms with E-state index >= 15 is 0 Å². The summed E-state index contributed by atoms with van der Waals surface area (Å²) in [5.74, 6) is 0.205. The second-order valence-electron chi connectivity index (χ2n) is 4.68. The zero-order valence-electron chi connectivity index (χ0n) is 11.7. The van der Waals surface area contributed by atoms with E-state index in [0.717, 1.165) is 4.90 Å². The maximum atomic E-state index is 12.0. The Balaban J connectivity index is 2.16. The normalized spacial score (nSPS) is 19.1. The number of carbonyl (C=O) groups excluding carboxylic acids is 2. The number of imide groups is 1. The van der Waals surface area contributed by atoms with Crippen LogP contribution in [-0.4, -0.2) is 36.4 Å². The number of nitrogen functional groups attached to an aromatic ring is 1. The Kier molecular flexibility index (Phi) is 4.12. The van der Waals surface area contributed by atoms with E-state index < -0.39 is 6.04 Å². The summed E-state index contributed by atoms with van der Waals surface area (Å²) in [6, 6.07) is 4.95. The molecule has 1 aliphatic rings. The Morgan fingerprint density at radius 1 is 1.45 bits per heavy atom. The molecule has 0 radical (unpaired) electrons. The molecule has 0 saturated carbocycles. The van der Waals surface area contributed by atoms with Crippen LogP contribution in [0.5, 0.6) is 5.75 Å². The molecule has 1 heterocycles. The number of likely N-dealkylation sites (N-methyl/N-ethyl adjacent to an activating group) is 1. The van der Waals surface area contributed by atoms with Crippen LogP contribution < -0.4 is 15.8 Å². The van der Waals surface area contributed by atoms with Crippen LogP contribution in [0.1, 0.15) is 19.8 Å². The molecule has 1 aromatic rings. The topological polar surface area (TPSA) is 84.7 Å². The van der Waals surface area contributed by atoms with Crippen molar-refractivity contribution in [2.75, 3.05) is 24.7 Å². The first-order chi connectivity index (χ1) is 9.54. The summed E-state index contributed by atoms with van der Waals surface area (Å²) in [6.45, 7) is 2.40. The van der Waals surface area contributed by atoms with Crippen LogP contribution in [0.2, 0.25) is 0 Å². The standard InChI is InChI=1S/C14H19N3O3/c1-3-20-11-6-4-5-9(13(11)15)16-10-7-8-12(18)17(2)14(10)19/h4-6,10,16H,3,7-8,15H2,1-2H3. The van der Waals surface area contributed by atoms with Crippen molar-refractivity contribution in [2.24, 2.45) is 0 Å². The van der Waals surface area contributed by atoms with Gasteiger partial charge in [-0.25, -0.2) is 0 Å². The number of nitrogens with two attached hydrogens (primary N) is 1. The van der Waals surface area contributed by atoms with Crippen LogP contribution >= 0.6 is 0 Å².